The van der Waals surface area contributed by atoms with Crippen molar-refractivity contribution >= 4 is 5.97 Å². The molecule has 0 fully saturated rings. The van der Waals surface area contributed by atoms with Crippen LogP contribution < -0.4 is 5.11 Å². The Hall–Kier alpha value is -1.52. The quantitative estimate of drug-likeness (QED) is 0.598. The molecule has 0 bridgehead atoms. The number of aromatic hydroxyl groups is 1. The summed E-state index contributed by atoms with van der Waals surface area (Å²) in [7, 11) is 1.57. The van der Waals surface area contributed by atoms with Crippen molar-refractivity contribution in [2.45, 2.75) is 13.3 Å². The van der Waals surface area contributed by atoms with Crippen LogP contribution in [0.15, 0.2) is 0 Å². The van der Waals surface area contributed by atoms with E-state index in [4.69, 9.17) is 0 Å². The van der Waals surface area contributed by atoms with Gasteiger partial charge in [0.1, 0.15) is 5.69 Å². The summed E-state index contributed by atoms with van der Waals surface area (Å²) in [5, 5.41) is 23.4. The molecule has 0 spiro atoms. The maximum atomic E-state index is 10.2. The molecule has 0 aromatic carbocycles. The predicted octanol–water partition coefficient (Wildman–Crippen LogP) is -1.27. The van der Waals surface area contributed by atoms with Crippen LogP contribution in [0.1, 0.15) is 11.4 Å². The molecule has 12 heavy (non-hydrogen) atoms. The van der Waals surface area contributed by atoms with Crippen molar-refractivity contribution in [2.75, 3.05) is 0 Å². The fourth-order valence-corrected chi connectivity index (χ4v) is 1.03. The number of aryl methyl sites for hydroxylation is 2. The maximum Gasteiger partial charge on any atom is 0.160 e. The average molecular weight is 169 g/mol. The first-order chi connectivity index (χ1) is 5.52. The zero-order valence-electron chi connectivity index (χ0n) is 6.87. The molecule has 1 aromatic rings. The molecule has 0 aliphatic rings. The number of carbonyl (C=O) groups excluding carboxylic acids is 1. The van der Waals surface area contributed by atoms with Gasteiger partial charge < -0.3 is 15.0 Å². The van der Waals surface area contributed by atoms with E-state index in [9.17, 15) is 15.0 Å². The van der Waals surface area contributed by atoms with E-state index in [1.54, 1.807) is 14.0 Å². The van der Waals surface area contributed by atoms with E-state index in [0.717, 1.165) is 0 Å². The van der Waals surface area contributed by atoms with Gasteiger partial charge in [-0.15, -0.1) is 0 Å². The number of carboxylic acids is 1. The zero-order valence-corrected chi connectivity index (χ0v) is 6.87. The van der Waals surface area contributed by atoms with Crippen molar-refractivity contribution < 1.29 is 15.0 Å². The third-order valence-electron chi connectivity index (χ3n) is 1.62. The summed E-state index contributed by atoms with van der Waals surface area (Å²) in [6.07, 6.45) is -0.316. The Balaban J connectivity index is 3.05. The van der Waals surface area contributed by atoms with Crippen molar-refractivity contribution in [3.63, 3.8) is 0 Å². The van der Waals surface area contributed by atoms with Crippen LogP contribution in [0.25, 0.3) is 0 Å². The van der Waals surface area contributed by atoms with Crippen LogP contribution >= 0.6 is 0 Å². The van der Waals surface area contributed by atoms with Crippen LogP contribution in [-0.4, -0.2) is 20.9 Å². The van der Waals surface area contributed by atoms with Crippen LogP contribution in [0, 0.1) is 6.92 Å². The number of nitrogens with zero attached hydrogens (tertiary/aromatic N) is 2. The third-order valence-corrected chi connectivity index (χ3v) is 1.62. The van der Waals surface area contributed by atoms with E-state index in [1.165, 1.54) is 4.68 Å². The van der Waals surface area contributed by atoms with Crippen LogP contribution in [0.4, 0.5) is 0 Å². The number of aliphatic carboxylic acids is 1. The molecule has 0 radical (unpaired) electrons. The second-order valence-corrected chi connectivity index (χ2v) is 2.55. The summed E-state index contributed by atoms with van der Waals surface area (Å²) in [6.45, 7) is 1.61. The molecule has 0 aliphatic carbocycles. The first-order valence-electron chi connectivity index (χ1n) is 3.43. The Morgan fingerprint density at radius 3 is 2.67 bits per heavy atom. The number of hydrogen-bond acceptors (Lipinski definition) is 4. The van der Waals surface area contributed by atoms with Crippen molar-refractivity contribution in [2.24, 2.45) is 7.05 Å². The van der Waals surface area contributed by atoms with Gasteiger partial charge in [-0.1, -0.05) is 0 Å². The minimum absolute atomic E-state index is 0.0679. The average Bonchev–Trinajstić information content (AvgIpc) is 2.16. The fraction of sp³-hybridized carbons (Fsp3) is 0.429. The van der Waals surface area contributed by atoms with Crippen LogP contribution in [0.2, 0.25) is 0 Å². The second-order valence-electron chi connectivity index (χ2n) is 2.55. The highest BCUT2D eigenvalue weighted by molar-refractivity contribution is 5.68. The predicted molar refractivity (Wildman–Crippen MR) is 38.3 cm³/mol. The first kappa shape index (κ1) is 8.58. The Labute approximate surface area is 69.2 Å². The molecular formula is C7H9N2O3-. The molecule has 1 N–H and O–H groups in total. The van der Waals surface area contributed by atoms with E-state index in [-0.39, 0.29) is 17.9 Å². The first-order valence-corrected chi connectivity index (χ1v) is 3.43. The van der Waals surface area contributed by atoms with E-state index in [0.29, 0.717) is 5.69 Å². The van der Waals surface area contributed by atoms with E-state index in [2.05, 4.69) is 5.10 Å². The van der Waals surface area contributed by atoms with Gasteiger partial charge in [-0.3, -0.25) is 4.68 Å². The number of rotatable bonds is 2. The van der Waals surface area contributed by atoms with Gasteiger partial charge in [0.15, 0.2) is 5.75 Å². The number of carboxylic acid groups (broad SMARTS) is 1. The highest BCUT2D eigenvalue weighted by atomic mass is 16.4. The van der Waals surface area contributed by atoms with Crippen molar-refractivity contribution in [3.05, 3.63) is 11.4 Å². The van der Waals surface area contributed by atoms with Crippen LogP contribution in [-0.2, 0) is 18.3 Å². The van der Waals surface area contributed by atoms with Crippen molar-refractivity contribution in [1.29, 1.82) is 0 Å². The Morgan fingerprint density at radius 2 is 2.33 bits per heavy atom. The smallest absolute Gasteiger partial charge is 0.160 e. The van der Waals surface area contributed by atoms with Gasteiger partial charge in [-0.25, -0.2) is 0 Å². The number of carbonyl (C=O) groups is 1. The fourth-order valence-electron chi connectivity index (χ4n) is 1.03. The molecule has 66 valence electrons. The maximum absolute atomic E-state index is 10.2. The minimum Gasteiger partial charge on any atom is -0.550 e. The molecule has 0 aliphatic heterocycles. The molecule has 1 rings (SSSR count). The Morgan fingerprint density at radius 1 is 1.75 bits per heavy atom. The van der Waals surface area contributed by atoms with Crippen molar-refractivity contribution in [3.8, 4) is 5.75 Å². The topological polar surface area (TPSA) is 78.2 Å². The summed E-state index contributed by atoms with van der Waals surface area (Å²) in [6, 6.07) is 0. The van der Waals surface area contributed by atoms with Gasteiger partial charge in [0.2, 0.25) is 0 Å². The third kappa shape index (κ3) is 1.39. The SMILES string of the molecule is Cc1nn(C)c(CC(=O)[O-])c1O. The van der Waals surface area contributed by atoms with E-state index < -0.39 is 5.97 Å². The lowest BCUT2D eigenvalue weighted by Crippen LogP contribution is -2.25. The molecule has 5 nitrogen and oxygen atoms in total. The molecule has 1 aromatic heterocycles. The minimum atomic E-state index is -1.23. The lowest BCUT2D eigenvalue weighted by molar-refractivity contribution is -0.304. The molecule has 0 amide bonds. The summed E-state index contributed by atoms with van der Waals surface area (Å²) in [4.78, 5) is 10.2. The molecule has 5 heteroatoms. The van der Waals surface area contributed by atoms with Crippen LogP contribution in [0.3, 0.4) is 0 Å². The van der Waals surface area contributed by atoms with Gasteiger partial charge in [-0.05, 0) is 6.92 Å². The van der Waals surface area contributed by atoms with E-state index in [1.807, 2.05) is 0 Å². The Bertz CT molecular complexity index is 317. The molecule has 0 saturated carbocycles. The summed E-state index contributed by atoms with van der Waals surface area (Å²) in [5.41, 5.74) is 0.696. The lowest BCUT2D eigenvalue weighted by atomic mass is 10.2. The van der Waals surface area contributed by atoms with Gasteiger partial charge in [-0.2, -0.15) is 5.10 Å². The normalized spacial score (nSPS) is 10.2. The highest BCUT2D eigenvalue weighted by Gasteiger charge is 2.11. The lowest BCUT2D eigenvalue weighted by Gasteiger charge is -2.02. The molecule has 0 unspecified atom stereocenters. The second kappa shape index (κ2) is 2.84. The molecule has 1 heterocycles. The number of hydrogen-bond donors (Lipinski definition) is 1. The molecular weight excluding hydrogens is 160 g/mol. The monoisotopic (exact) mass is 169 g/mol. The van der Waals surface area contributed by atoms with Gasteiger partial charge in [0, 0.05) is 19.4 Å². The van der Waals surface area contributed by atoms with Gasteiger partial charge in [0.25, 0.3) is 0 Å². The zero-order chi connectivity index (χ0) is 9.30. The van der Waals surface area contributed by atoms with Gasteiger partial charge >= 0.3 is 0 Å². The van der Waals surface area contributed by atoms with Crippen molar-refractivity contribution in [1.82, 2.24) is 9.78 Å². The highest BCUT2D eigenvalue weighted by Crippen LogP contribution is 2.20. The van der Waals surface area contributed by atoms with Crippen LogP contribution in [0.5, 0.6) is 5.75 Å². The van der Waals surface area contributed by atoms with E-state index >= 15 is 0 Å². The molecule has 0 saturated heterocycles. The summed E-state index contributed by atoms with van der Waals surface area (Å²) in [5.74, 6) is -1.30. The largest absolute Gasteiger partial charge is 0.550 e. The van der Waals surface area contributed by atoms with Gasteiger partial charge in [0.05, 0.1) is 5.69 Å². The standard InChI is InChI=1S/C7H10N2O3/c1-4-7(12)5(3-6(10)11)9(2)8-4/h12H,3H2,1-2H3,(H,10,11)/p-1. The Kier molecular flexibility index (Phi) is 2.03. The number of aromatic nitrogens is 2. The summed E-state index contributed by atoms with van der Waals surface area (Å²) < 4.78 is 1.33. The molecule has 0 atom stereocenters. The summed E-state index contributed by atoms with van der Waals surface area (Å²) >= 11 is 0.